The average Bonchev–Trinajstić information content (AvgIpc) is 2.69. The van der Waals surface area contributed by atoms with Gasteiger partial charge < -0.3 is 10.1 Å². The van der Waals surface area contributed by atoms with Crippen molar-refractivity contribution in [2.24, 2.45) is 0 Å². The van der Waals surface area contributed by atoms with Gasteiger partial charge in [0.1, 0.15) is 5.75 Å². The number of alkyl halides is 4. The molecule has 9 heteroatoms. The maximum absolute atomic E-state index is 12.9. The molecule has 5 nitrogen and oxygen atoms in total. The van der Waals surface area contributed by atoms with Gasteiger partial charge in [-0.05, 0) is 42.5 Å². The molecule has 0 spiro atoms. The SMILES string of the molecule is N#Cc1cccc(-c2ccnc(Nc3ccc(OC(F)(F)C(F)F)cc3)n2)c1. The maximum Gasteiger partial charge on any atom is 0.461 e. The molecule has 1 heterocycles. The van der Waals surface area contributed by atoms with Crippen LogP contribution in [0.15, 0.2) is 60.8 Å². The topological polar surface area (TPSA) is 70.8 Å². The van der Waals surface area contributed by atoms with E-state index in [-0.39, 0.29) is 5.95 Å². The first-order valence-corrected chi connectivity index (χ1v) is 7.93. The molecule has 0 saturated heterocycles. The summed E-state index contributed by atoms with van der Waals surface area (Å²) in [5.74, 6) is -0.176. The zero-order valence-corrected chi connectivity index (χ0v) is 14.1. The molecule has 0 aliphatic rings. The van der Waals surface area contributed by atoms with Crippen LogP contribution < -0.4 is 10.1 Å². The second-order valence-corrected chi connectivity index (χ2v) is 5.57. The molecule has 28 heavy (non-hydrogen) atoms. The lowest BCUT2D eigenvalue weighted by atomic mass is 10.1. The Morgan fingerprint density at radius 1 is 1.07 bits per heavy atom. The van der Waals surface area contributed by atoms with Crippen LogP contribution >= 0.6 is 0 Å². The van der Waals surface area contributed by atoms with Crippen LogP contribution in [0.2, 0.25) is 0 Å². The Bertz CT molecular complexity index is 1000. The van der Waals surface area contributed by atoms with Gasteiger partial charge in [0.15, 0.2) is 0 Å². The molecule has 1 N–H and O–H groups in total. The van der Waals surface area contributed by atoms with E-state index in [9.17, 15) is 17.6 Å². The van der Waals surface area contributed by atoms with Gasteiger partial charge in [-0.3, -0.25) is 0 Å². The lowest BCUT2D eigenvalue weighted by Gasteiger charge is -2.17. The molecule has 0 fully saturated rings. The number of rotatable bonds is 6. The first-order valence-electron chi connectivity index (χ1n) is 7.93. The number of hydrogen-bond acceptors (Lipinski definition) is 5. The van der Waals surface area contributed by atoms with Crippen molar-refractivity contribution in [2.75, 3.05) is 5.32 Å². The highest BCUT2D eigenvalue weighted by Gasteiger charge is 2.43. The van der Waals surface area contributed by atoms with Crippen molar-refractivity contribution in [1.82, 2.24) is 9.97 Å². The van der Waals surface area contributed by atoms with E-state index in [0.29, 0.717) is 16.9 Å². The molecule has 0 aliphatic heterocycles. The third-order valence-electron chi connectivity index (χ3n) is 3.56. The number of benzene rings is 2. The highest BCUT2D eigenvalue weighted by molar-refractivity contribution is 5.63. The van der Waals surface area contributed by atoms with Crippen LogP contribution in [0.25, 0.3) is 11.3 Å². The second-order valence-electron chi connectivity index (χ2n) is 5.57. The predicted molar refractivity (Wildman–Crippen MR) is 93.5 cm³/mol. The minimum absolute atomic E-state index is 0.228. The number of nitrogens with zero attached hydrogens (tertiary/aromatic N) is 3. The molecule has 3 rings (SSSR count). The summed E-state index contributed by atoms with van der Waals surface area (Å²) >= 11 is 0. The van der Waals surface area contributed by atoms with Gasteiger partial charge in [-0.25, -0.2) is 9.97 Å². The Labute approximate surface area is 157 Å². The monoisotopic (exact) mass is 388 g/mol. The Morgan fingerprint density at radius 3 is 2.50 bits per heavy atom. The molecule has 0 saturated carbocycles. The first kappa shape index (κ1) is 19.1. The van der Waals surface area contributed by atoms with E-state index in [4.69, 9.17) is 5.26 Å². The Kier molecular flexibility index (Phi) is 5.40. The maximum atomic E-state index is 12.9. The van der Waals surface area contributed by atoms with Crippen molar-refractivity contribution in [2.45, 2.75) is 12.5 Å². The standard InChI is InChI=1S/C19H12F4N4O/c20-17(21)19(22,23)28-15-6-4-14(5-7-15)26-18-25-9-8-16(27-18)13-3-1-2-12(10-13)11-24/h1-10,17H,(H,25,26,27). The number of aromatic nitrogens is 2. The lowest BCUT2D eigenvalue weighted by Crippen LogP contribution is -2.33. The van der Waals surface area contributed by atoms with Gasteiger partial charge in [-0.15, -0.1) is 0 Å². The van der Waals surface area contributed by atoms with Crippen molar-refractivity contribution < 1.29 is 22.3 Å². The number of hydrogen-bond donors (Lipinski definition) is 1. The van der Waals surface area contributed by atoms with E-state index in [0.717, 1.165) is 17.7 Å². The van der Waals surface area contributed by atoms with Crippen LogP contribution in [-0.4, -0.2) is 22.5 Å². The van der Waals surface area contributed by atoms with Gasteiger partial charge in [0.05, 0.1) is 17.3 Å². The van der Waals surface area contributed by atoms with Gasteiger partial charge in [-0.1, -0.05) is 12.1 Å². The van der Waals surface area contributed by atoms with E-state index in [1.165, 1.54) is 18.3 Å². The minimum atomic E-state index is -4.57. The molecule has 1 aromatic heterocycles. The lowest BCUT2D eigenvalue weighted by molar-refractivity contribution is -0.253. The summed E-state index contributed by atoms with van der Waals surface area (Å²) < 4.78 is 54.2. The molecular formula is C19H12F4N4O. The third kappa shape index (κ3) is 4.54. The molecule has 142 valence electrons. The Morgan fingerprint density at radius 2 is 1.82 bits per heavy atom. The van der Waals surface area contributed by atoms with Crippen LogP contribution in [0.3, 0.4) is 0 Å². The van der Waals surface area contributed by atoms with Gasteiger partial charge >= 0.3 is 12.5 Å². The summed E-state index contributed by atoms with van der Waals surface area (Å²) in [4.78, 5) is 8.41. The van der Waals surface area contributed by atoms with Crippen molar-refractivity contribution >= 4 is 11.6 Å². The van der Waals surface area contributed by atoms with Gasteiger partial charge in [0, 0.05) is 17.4 Å². The van der Waals surface area contributed by atoms with Crippen molar-refractivity contribution in [1.29, 1.82) is 5.26 Å². The summed E-state index contributed by atoms with van der Waals surface area (Å²) in [6.45, 7) is 0. The first-order chi connectivity index (χ1) is 13.4. The average molecular weight is 388 g/mol. The highest BCUT2D eigenvalue weighted by atomic mass is 19.3. The molecule has 3 aromatic rings. The molecule has 0 bridgehead atoms. The zero-order valence-electron chi connectivity index (χ0n) is 14.1. The van der Waals surface area contributed by atoms with E-state index in [2.05, 4.69) is 20.0 Å². The number of anilines is 2. The van der Waals surface area contributed by atoms with Crippen molar-refractivity contribution in [3.05, 3.63) is 66.4 Å². The van der Waals surface area contributed by atoms with Crippen molar-refractivity contribution in [3.63, 3.8) is 0 Å². The Hall–Kier alpha value is -3.67. The molecule has 2 aromatic carbocycles. The summed E-state index contributed by atoms with van der Waals surface area (Å²) in [7, 11) is 0. The molecular weight excluding hydrogens is 376 g/mol. The molecule has 0 aliphatic carbocycles. The summed E-state index contributed by atoms with van der Waals surface area (Å²) in [6.07, 6.45) is -6.98. The third-order valence-corrected chi connectivity index (χ3v) is 3.56. The quantitative estimate of drug-likeness (QED) is 0.602. The fourth-order valence-corrected chi connectivity index (χ4v) is 2.26. The smallest absolute Gasteiger partial charge is 0.428 e. The van der Waals surface area contributed by atoms with E-state index in [1.807, 2.05) is 6.07 Å². The van der Waals surface area contributed by atoms with Crippen LogP contribution in [0, 0.1) is 11.3 Å². The summed E-state index contributed by atoms with van der Waals surface area (Å²) in [5.41, 5.74) is 2.23. The van der Waals surface area contributed by atoms with E-state index in [1.54, 1.807) is 30.3 Å². The fourth-order valence-electron chi connectivity index (χ4n) is 2.26. The number of halogens is 4. The number of nitrogens with one attached hydrogen (secondary N) is 1. The minimum Gasteiger partial charge on any atom is -0.428 e. The van der Waals surface area contributed by atoms with E-state index >= 15 is 0 Å². The fraction of sp³-hybridized carbons (Fsp3) is 0.105. The molecule has 0 unspecified atom stereocenters. The zero-order chi connectivity index (χ0) is 20.1. The van der Waals surface area contributed by atoms with Crippen molar-refractivity contribution in [3.8, 4) is 23.1 Å². The predicted octanol–water partition coefficient (Wildman–Crippen LogP) is 5.00. The van der Waals surface area contributed by atoms with Crippen LogP contribution in [-0.2, 0) is 0 Å². The van der Waals surface area contributed by atoms with Crippen LogP contribution in [0.4, 0.5) is 29.2 Å². The van der Waals surface area contributed by atoms with Gasteiger partial charge in [-0.2, -0.15) is 22.8 Å². The van der Waals surface area contributed by atoms with Gasteiger partial charge in [0.25, 0.3) is 0 Å². The van der Waals surface area contributed by atoms with Gasteiger partial charge in [0.2, 0.25) is 5.95 Å². The number of ether oxygens (including phenoxy) is 1. The molecule has 0 amide bonds. The van der Waals surface area contributed by atoms with Crippen LogP contribution in [0.5, 0.6) is 5.75 Å². The molecule has 0 atom stereocenters. The number of nitriles is 1. The molecule has 0 radical (unpaired) electrons. The highest BCUT2D eigenvalue weighted by Crippen LogP contribution is 2.28. The van der Waals surface area contributed by atoms with Crippen LogP contribution in [0.1, 0.15) is 5.56 Å². The largest absolute Gasteiger partial charge is 0.461 e. The Balaban J connectivity index is 1.75. The summed E-state index contributed by atoms with van der Waals surface area (Å²) in [5, 5.41) is 11.9. The summed E-state index contributed by atoms with van der Waals surface area (Å²) in [6, 6.07) is 15.6. The normalized spacial score (nSPS) is 11.1. The second kappa shape index (κ2) is 7.92. The van der Waals surface area contributed by atoms with E-state index < -0.39 is 18.3 Å².